The molecule has 0 aliphatic carbocycles. The van der Waals surface area contributed by atoms with Gasteiger partial charge in [-0.2, -0.15) is 0 Å². The molecule has 0 radical (unpaired) electrons. The SMILES string of the molecule is N=C(N)c1ccncc1N1CCC(CO)C1. The van der Waals surface area contributed by atoms with Crippen molar-refractivity contribution in [2.24, 2.45) is 11.7 Å². The Morgan fingerprint density at radius 1 is 1.69 bits per heavy atom. The summed E-state index contributed by atoms with van der Waals surface area (Å²) < 4.78 is 0. The molecule has 5 nitrogen and oxygen atoms in total. The number of aliphatic hydroxyl groups is 1. The highest BCUT2D eigenvalue weighted by atomic mass is 16.3. The first-order chi connectivity index (χ1) is 7.72. The molecule has 2 rings (SSSR count). The summed E-state index contributed by atoms with van der Waals surface area (Å²) in [6.45, 7) is 1.91. The lowest BCUT2D eigenvalue weighted by Gasteiger charge is -2.20. The first-order valence-electron chi connectivity index (χ1n) is 5.36. The number of rotatable bonds is 3. The molecule has 0 spiro atoms. The molecule has 1 atom stereocenters. The highest BCUT2D eigenvalue weighted by molar-refractivity contribution is 6.00. The second-order valence-corrected chi connectivity index (χ2v) is 4.09. The number of nitrogen functional groups attached to an aromatic ring is 1. The first-order valence-corrected chi connectivity index (χ1v) is 5.36. The maximum atomic E-state index is 9.10. The van der Waals surface area contributed by atoms with Crippen molar-refractivity contribution >= 4 is 11.5 Å². The van der Waals surface area contributed by atoms with Crippen molar-refractivity contribution < 1.29 is 5.11 Å². The highest BCUT2D eigenvalue weighted by Crippen LogP contribution is 2.25. The molecule has 2 heterocycles. The monoisotopic (exact) mass is 220 g/mol. The number of aromatic nitrogens is 1. The summed E-state index contributed by atoms with van der Waals surface area (Å²) >= 11 is 0. The van der Waals surface area contributed by atoms with Gasteiger partial charge in [0.2, 0.25) is 0 Å². The number of nitrogens with two attached hydrogens (primary N) is 1. The van der Waals surface area contributed by atoms with Gasteiger partial charge in [0.1, 0.15) is 5.84 Å². The molecule has 0 bridgehead atoms. The van der Waals surface area contributed by atoms with Crippen molar-refractivity contribution in [3.8, 4) is 0 Å². The van der Waals surface area contributed by atoms with Crippen LogP contribution in [0.1, 0.15) is 12.0 Å². The van der Waals surface area contributed by atoms with E-state index in [4.69, 9.17) is 16.2 Å². The molecule has 0 amide bonds. The lowest BCUT2D eigenvalue weighted by atomic mass is 10.1. The van der Waals surface area contributed by atoms with E-state index in [1.54, 1.807) is 18.5 Å². The number of nitrogens with one attached hydrogen (secondary N) is 1. The maximum Gasteiger partial charge on any atom is 0.125 e. The fourth-order valence-electron chi connectivity index (χ4n) is 2.07. The molecule has 0 aromatic carbocycles. The van der Waals surface area contributed by atoms with Crippen molar-refractivity contribution in [2.45, 2.75) is 6.42 Å². The van der Waals surface area contributed by atoms with E-state index in [2.05, 4.69) is 9.88 Å². The predicted octanol–water partition coefficient (Wildman–Crippen LogP) is 0.184. The van der Waals surface area contributed by atoms with Crippen molar-refractivity contribution in [2.75, 3.05) is 24.6 Å². The summed E-state index contributed by atoms with van der Waals surface area (Å²) in [4.78, 5) is 6.20. The summed E-state index contributed by atoms with van der Waals surface area (Å²) in [6.07, 6.45) is 4.35. The van der Waals surface area contributed by atoms with Gasteiger partial charge in [0.15, 0.2) is 0 Å². The number of amidine groups is 1. The van der Waals surface area contributed by atoms with Gasteiger partial charge in [-0.15, -0.1) is 0 Å². The van der Waals surface area contributed by atoms with Crippen LogP contribution in [0.25, 0.3) is 0 Å². The van der Waals surface area contributed by atoms with Crippen molar-refractivity contribution in [3.05, 3.63) is 24.0 Å². The van der Waals surface area contributed by atoms with Crippen LogP contribution < -0.4 is 10.6 Å². The number of hydrogen-bond acceptors (Lipinski definition) is 4. The Bertz CT molecular complexity index is 393. The van der Waals surface area contributed by atoms with Crippen LogP contribution in [0.2, 0.25) is 0 Å². The van der Waals surface area contributed by atoms with Gasteiger partial charge in [0, 0.05) is 37.4 Å². The van der Waals surface area contributed by atoms with E-state index in [1.807, 2.05) is 0 Å². The zero-order valence-corrected chi connectivity index (χ0v) is 9.06. The van der Waals surface area contributed by atoms with Gasteiger partial charge >= 0.3 is 0 Å². The van der Waals surface area contributed by atoms with Crippen molar-refractivity contribution in [1.29, 1.82) is 5.41 Å². The smallest absolute Gasteiger partial charge is 0.125 e. The van der Waals surface area contributed by atoms with Crippen LogP contribution in [0.5, 0.6) is 0 Å². The lowest BCUT2D eigenvalue weighted by Crippen LogP contribution is -2.24. The predicted molar refractivity (Wildman–Crippen MR) is 62.7 cm³/mol. The highest BCUT2D eigenvalue weighted by Gasteiger charge is 2.24. The van der Waals surface area contributed by atoms with Crippen LogP contribution in [-0.2, 0) is 0 Å². The lowest BCUT2D eigenvalue weighted by molar-refractivity contribution is 0.238. The van der Waals surface area contributed by atoms with Gasteiger partial charge in [-0.3, -0.25) is 10.4 Å². The summed E-state index contributed by atoms with van der Waals surface area (Å²) in [5.41, 5.74) is 7.14. The number of nitrogens with zero attached hydrogens (tertiary/aromatic N) is 2. The molecule has 1 aromatic rings. The van der Waals surface area contributed by atoms with Crippen molar-refractivity contribution in [1.82, 2.24) is 4.98 Å². The normalized spacial score (nSPS) is 20.1. The number of hydrogen-bond donors (Lipinski definition) is 3. The molecule has 86 valence electrons. The van der Waals surface area contributed by atoms with Gasteiger partial charge in [0.25, 0.3) is 0 Å². The molecule has 1 fully saturated rings. The summed E-state index contributed by atoms with van der Waals surface area (Å²) in [7, 11) is 0. The zero-order chi connectivity index (χ0) is 11.5. The summed E-state index contributed by atoms with van der Waals surface area (Å²) in [5, 5.41) is 16.6. The quantitative estimate of drug-likeness (QED) is 0.501. The van der Waals surface area contributed by atoms with Crippen molar-refractivity contribution in [3.63, 3.8) is 0 Å². The average Bonchev–Trinajstić information content (AvgIpc) is 2.77. The van der Waals surface area contributed by atoms with E-state index in [0.29, 0.717) is 11.5 Å². The number of aliphatic hydroxyl groups excluding tert-OH is 1. The van der Waals surface area contributed by atoms with Gasteiger partial charge in [-0.05, 0) is 12.5 Å². The van der Waals surface area contributed by atoms with E-state index in [0.717, 1.165) is 25.2 Å². The third-order valence-electron chi connectivity index (χ3n) is 2.97. The Labute approximate surface area is 94.4 Å². The Morgan fingerprint density at radius 3 is 3.12 bits per heavy atom. The Morgan fingerprint density at radius 2 is 2.50 bits per heavy atom. The zero-order valence-electron chi connectivity index (χ0n) is 9.06. The van der Waals surface area contributed by atoms with E-state index < -0.39 is 0 Å². The number of anilines is 1. The molecular formula is C11H16N4O. The Kier molecular flexibility index (Phi) is 3.05. The van der Waals surface area contributed by atoms with Crippen LogP contribution >= 0.6 is 0 Å². The minimum Gasteiger partial charge on any atom is -0.396 e. The van der Waals surface area contributed by atoms with Gasteiger partial charge in [0.05, 0.1) is 11.9 Å². The van der Waals surface area contributed by atoms with E-state index in [1.165, 1.54) is 0 Å². The standard InChI is InChI=1S/C11H16N4O/c12-11(13)9-1-3-14-5-10(9)15-4-2-8(6-15)7-16/h1,3,5,8,16H,2,4,6-7H2,(H3,12,13). The minimum absolute atomic E-state index is 0.0600. The second-order valence-electron chi connectivity index (χ2n) is 4.09. The topological polar surface area (TPSA) is 86.2 Å². The fourth-order valence-corrected chi connectivity index (χ4v) is 2.07. The minimum atomic E-state index is 0.0600. The fraction of sp³-hybridized carbons (Fsp3) is 0.455. The van der Waals surface area contributed by atoms with Crippen LogP contribution in [-0.4, -0.2) is 35.6 Å². The molecule has 16 heavy (non-hydrogen) atoms. The molecule has 0 saturated carbocycles. The van der Waals surface area contributed by atoms with Gasteiger partial charge < -0.3 is 15.7 Å². The van der Waals surface area contributed by atoms with E-state index in [-0.39, 0.29) is 12.4 Å². The molecule has 1 saturated heterocycles. The average molecular weight is 220 g/mol. The van der Waals surface area contributed by atoms with Crippen LogP contribution in [0.3, 0.4) is 0 Å². The maximum absolute atomic E-state index is 9.10. The molecule has 1 aliphatic heterocycles. The molecular weight excluding hydrogens is 204 g/mol. The third-order valence-corrected chi connectivity index (χ3v) is 2.97. The van der Waals surface area contributed by atoms with Crippen LogP contribution in [0.15, 0.2) is 18.5 Å². The van der Waals surface area contributed by atoms with Crippen LogP contribution in [0.4, 0.5) is 5.69 Å². The van der Waals surface area contributed by atoms with Gasteiger partial charge in [-0.1, -0.05) is 0 Å². The summed E-state index contributed by atoms with van der Waals surface area (Å²) in [6, 6.07) is 1.75. The molecule has 4 N–H and O–H groups in total. The van der Waals surface area contributed by atoms with E-state index >= 15 is 0 Å². The summed E-state index contributed by atoms with van der Waals surface area (Å²) in [5.74, 6) is 0.380. The largest absolute Gasteiger partial charge is 0.396 e. The number of pyridine rings is 1. The Hall–Kier alpha value is -1.62. The first kappa shape index (κ1) is 10.9. The van der Waals surface area contributed by atoms with Gasteiger partial charge in [-0.25, -0.2) is 0 Å². The second kappa shape index (κ2) is 4.49. The Balaban J connectivity index is 2.24. The third kappa shape index (κ3) is 1.99. The molecule has 1 aliphatic rings. The molecule has 5 heteroatoms. The van der Waals surface area contributed by atoms with Crippen LogP contribution in [0, 0.1) is 11.3 Å². The van der Waals surface area contributed by atoms with E-state index in [9.17, 15) is 0 Å². The molecule has 1 aromatic heterocycles. The molecule has 1 unspecified atom stereocenters.